The van der Waals surface area contributed by atoms with Crippen molar-refractivity contribution in [3.63, 3.8) is 0 Å². The van der Waals surface area contributed by atoms with Crippen LogP contribution in [0, 0.1) is 10.1 Å². The van der Waals surface area contributed by atoms with E-state index in [2.05, 4.69) is 10.2 Å². The van der Waals surface area contributed by atoms with E-state index < -0.39 is 10.8 Å². The summed E-state index contributed by atoms with van der Waals surface area (Å²) in [5.41, 5.74) is 6.39. The minimum absolute atomic E-state index is 0.0758. The lowest BCUT2D eigenvalue weighted by Gasteiger charge is -2.12. The molecule has 11 heteroatoms. The lowest BCUT2D eigenvalue weighted by Crippen LogP contribution is -2.11. The fraction of sp³-hybridized carbons (Fsp3) is 0.0870. The number of carbonyl (C=O) groups excluding carboxylic acids is 1. The zero-order valence-electron chi connectivity index (χ0n) is 17.6. The van der Waals surface area contributed by atoms with E-state index in [-0.39, 0.29) is 23.6 Å². The first-order valence-electron chi connectivity index (χ1n) is 10.0. The van der Waals surface area contributed by atoms with E-state index in [0.717, 1.165) is 5.69 Å². The van der Waals surface area contributed by atoms with Gasteiger partial charge in [-0.25, -0.2) is 0 Å². The number of amides is 1. The molecule has 0 spiro atoms. The highest BCUT2D eigenvalue weighted by Crippen LogP contribution is 2.31. The van der Waals surface area contributed by atoms with Crippen LogP contribution in [0.1, 0.15) is 21.7 Å². The molecule has 0 saturated heterocycles. The average molecular weight is 496 g/mol. The van der Waals surface area contributed by atoms with Crippen LogP contribution in [0.3, 0.4) is 0 Å². The number of ether oxygens (including phenoxy) is 1. The zero-order valence-corrected chi connectivity index (χ0v) is 19.2. The minimum atomic E-state index is -0.728. The number of nitrogens with two attached hydrogens (primary N) is 1. The van der Waals surface area contributed by atoms with Crippen molar-refractivity contribution >= 4 is 35.0 Å². The Morgan fingerprint density at radius 3 is 2.53 bits per heavy atom. The third-order valence-corrected chi connectivity index (χ3v) is 6.12. The molecule has 0 radical (unpaired) electrons. The number of benzene rings is 3. The first-order valence-corrected chi connectivity index (χ1v) is 11.4. The smallest absolute Gasteiger partial charge is 0.274 e. The maximum atomic E-state index is 11.5. The molecule has 34 heavy (non-hydrogen) atoms. The average Bonchev–Trinajstić information content (AvgIpc) is 3.25. The summed E-state index contributed by atoms with van der Waals surface area (Å²) in [5.74, 6) is 0.554. The lowest BCUT2D eigenvalue weighted by molar-refractivity contribution is -0.385. The van der Waals surface area contributed by atoms with Crippen molar-refractivity contribution in [2.24, 2.45) is 5.73 Å². The second-order valence-electron chi connectivity index (χ2n) is 7.04. The molecule has 1 amide bonds. The lowest BCUT2D eigenvalue weighted by atomic mass is 10.1. The van der Waals surface area contributed by atoms with Crippen LogP contribution in [0.4, 0.5) is 5.69 Å². The van der Waals surface area contributed by atoms with E-state index in [9.17, 15) is 14.9 Å². The second kappa shape index (κ2) is 10.4. The number of primary amides is 1. The van der Waals surface area contributed by atoms with Gasteiger partial charge in [0.05, 0.1) is 9.95 Å². The first kappa shape index (κ1) is 23.3. The summed E-state index contributed by atoms with van der Waals surface area (Å²) in [5, 5.41) is 21.1. The van der Waals surface area contributed by atoms with E-state index in [4.69, 9.17) is 22.1 Å². The number of carbonyl (C=O) groups is 1. The van der Waals surface area contributed by atoms with E-state index in [1.54, 1.807) is 12.1 Å². The van der Waals surface area contributed by atoms with Gasteiger partial charge in [-0.3, -0.25) is 19.5 Å². The van der Waals surface area contributed by atoms with Crippen LogP contribution in [-0.4, -0.2) is 25.6 Å². The van der Waals surface area contributed by atoms with E-state index in [0.29, 0.717) is 27.3 Å². The van der Waals surface area contributed by atoms with E-state index in [1.165, 1.54) is 30.0 Å². The molecule has 0 unspecified atom stereocenters. The molecule has 3 aromatic carbocycles. The Bertz CT molecular complexity index is 1350. The second-order valence-corrected chi connectivity index (χ2v) is 8.39. The summed E-state index contributed by atoms with van der Waals surface area (Å²) in [6.45, 7) is 0.111. The highest BCUT2D eigenvalue weighted by Gasteiger charge is 2.20. The molecule has 4 aromatic rings. The highest BCUT2D eigenvalue weighted by molar-refractivity contribution is 7.98. The molecule has 172 valence electrons. The van der Waals surface area contributed by atoms with E-state index in [1.807, 2.05) is 47.0 Å². The molecule has 4 rings (SSSR count). The standard InChI is InChI=1S/C23H18ClN5O4S/c24-18-8-4-5-9-20(18)33-13-21-26-27-23(28(21)17-6-2-1-3-7-17)34-14-16-11-10-15(22(25)30)12-19(16)29(31)32/h1-12H,13-14H2,(H2,25,30). The molecule has 1 aromatic heterocycles. The molecule has 0 bridgehead atoms. The van der Waals surface area contributed by atoms with Gasteiger partial charge in [-0.05, 0) is 30.3 Å². The van der Waals surface area contributed by atoms with Crippen LogP contribution in [-0.2, 0) is 12.4 Å². The molecular weight excluding hydrogens is 478 g/mol. The van der Waals surface area contributed by atoms with Crippen molar-refractivity contribution in [1.82, 2.24) is 14.8 Å². The topological polar surface area (TPSA) is 126 Å². The Morgan fingerprint density at radius 1 is 1.09 bits per heavy atom. The Hall–Kier alpha value is -3.89. The Labute approximate surface area is 203 Å². The molecule has 0 atom stereocenters. The number of aromatic nitrogens is 3. The number of nitrogens with zero attached hydrogens (tertiary/aromatic N) is 4. The number of nitro groups is 1. The van der Waals surface area contributed by atoms with Crippen LogP contribution in [0.25, 0.3) is 5.69 Å². The maximum Gasteiger partial charge on any atom is 0.274 e. The Kier molecular flexibility index (Phi) is 7.09. The number of hydrogen-bond acceptors (Lipinski definition) is 7. The first-order chi connectivity index (χ1) is 16.4. The van der Waals surface area contributed by atoms with Crippen molar-refractivity contribution in [3.05, 3.63) is 105 Å². The van der Waals surface area contributed by atoms with Gasteiger partial charge in [0, 0.05) is 28.6 Å². The third kappa shape index (κ3) is 5.19. The van der Waals surface area contributed by atoms with Crippen molar-refractivity contribution in [1.29, 1.82) is 0 Å². The molecular formula is C23H18ClN5O4S. The summed E-state index contributed by atoms with van der Waals surface area (Å²) in [6, 6.07) is 20.8. The molecule has 0 saturated carbocycles. The normalized spacial score (nSPS) is 10.7. The number of para-hydroxylation sites is 2. The van der Waals surface area contributed by atoms with Gasteiger partial charge in [0.2, 0.25) is 5.91 Å². The number of hydrogen-bond donors (Lipinski definition) is 1. The predicted octanol–water partition coefficient (Wildman–Crippen LogP) is 4.80. The summed E-state index contributed by atoms with van der Waals surface area (Å²) < 4.78 is 7.67. The van der Waals surface area contributed by atoms with Crippen molar-refractivity contribution in [2.75, 3.05) is 0 Å². The zero-order chi connectivity index (χ0) is 24.1. The number of nitro benzene ring substituents is 1. The van der Waals surface area contributed by atoms with Crippen molar-refractivity contribution in [2.45, 2.75) is 17.5 Å². The quantitative estimate of drug-likeness (QED) is 0.201. The number of halogens is 1. The van der Waals surface area contributed by atoms with Crippen LogP contribution in [0.15, 0.2) is 78.0 Å². The highest BCUT2D eigenvalue weighted by atomic mass is 35.5. The molecule has 0 aliphatic rings. The molecule has 2 N–H and O–H groups in total. The van der Waals surface area contributed by atoms with Gasteiger partial charge >= 0.3 is 0 Å². The fourth-order valence-corrected chi connectivity index (χ4v) is 4.34. The molecule has 0 aliphatic heterocycles. The van der Waals surface area contributed by atoms with Gasteiger partial charge in [0.15, 0.2) is 11.0 Å². The van der Waals surface area contributed by atoms with Crippen LogP contribution in [0.5, 0.6) is 5.75 Å². The summed E-state index contributed by atoms with van der Waals surface area (Å²) in [4.78, 5) is 22.4. The summed E-state index contributed by atoms with van der Waals surface area (Å²) in [6.07, 6.45) is 0. The SMILES string of the molecule is NC(=O)c1ccc(CSc2nnc(COc3ccccc3Cl)n2-c2ccccc2)c([N+](=O)[O-])c1. The predicted molar refractivity (Wildman–Crippen MR) is 128 cm³/mol. The fourth-order valence-electron chi connectivity index (χ4n) is 3.18. The Balaban J connectivity index is 1.62. The molecule has 0 aliphatic carbocycles. The van der Waals surface area contributed by atoms with Gasteiger partial charge < -0.3 is 10.5 Å². The molecule has 1 heterocycles. The number of rotatable bonds is 9. The molecule has 0 fully saturated rings. The largest absolute Gasteiger partial charge is 0.484 e. The monoisotopic (exact) mass is 495 g/mol. The van der Waals surface area contributed by atoms with Crippen LogP contribution in [0.2, 0.25) is 5.02 Å². The van der Waals surface area contributed by atoms with Gasteiger partial charge in [-0.1, -0.05) is 59.8 Å². The van der Waals surface area contributed by atoms with Gasteiger partial charge in [-0.2, -0.15) is 0 Å². The Morgan fingerprint density at radius 2 is 1.82 bits per heavy atom. The van der Waals surface area contributed by atoms with E-state index >= 15 is 0 Å². The van der Waals surface area contributed by atoms with Crippen LogP contribution >= 0.6 is 23.4 Å². The van der Waals surface area contributed by atoms with Crippen molar-refractivity contribution < 1.29 is 14.5 Å². The third-order valence-electron chi connectivity index (χ3n) is 4.83. The van der Waals surface area contributed by atoms with Crippen molar-refractivity contribution in [3.8, 4) is 11.4 Å². The van der Waals surface area contributed by atoms with Crippen LogP contribution < -0.4 is 10.5 Å². The minimum Gasteiger partial charge on any atom is -0.484 e. The van der Waals surface area contributed by atoms with Gasteiger partial charge in [0.1, 0.15) is 12.4 Å². The summed E-state index contributed by atoms with van der Waals surface area (Å²) >= 11 is 7.46. The number of thioether (sulfide) groups is 1. The maximum absolute atomic E-state index is 11.5. The van der Waals surface area contributed by atoms with Gasteiger partial charge in [-0.15, -0.1) is 10.2 Å². The summed E-state index contributed by atoms with van der Waals surface area (Å²) in [7, 11) is 0. The van der Waals surface area contributed by atoms with Gasteiger partial charge in [0.25, 0.3) is 5.69 Å². The molecule has 9 nitrogen and oxygen atoms in total.